The van der Waals surface area contributed by atoms with Crippen molar-refractivity contribution in [1.29, 1.82) is 0 Å². The Balaban J connectivity index is 1.88. The molecule has 0 unspecified atom stereocenters. The summed E-state index contributed by atoms with van der Waals surface area (Å²) in [6.45, 7) is 1.84. The van der Waals surface area contributed by atoms with Crippen LogP contribution in [0.25, 0.3) is 0 Å². The van der Waals surface area contributed by atoms with Crippen molar-refractivity contribution < 1.29 is 14.4 Å². The van der Waals surface area contributed by atoms with E-state index < -0.39 is 17.7 Å². The summed E-state index contributed by atoms with van der Waals surface area (Å²) < 4.78 is 0. The van der Waals surface area contributed by atoms with E-state index >= 15 is 0 Å². The van der Waals surface area contributed by atoms with Gasteiger partial charge in [-0.05, 0) is 49.4 Å². The summed E-state index contributed by atoms with van der Waals surface area (Å²) in [5.41, 5.74) is 7.72. The fourth-order valence-corrected chi connectivity index (χ4v) is 2.99. The molecule has 3 aromatic rings. The van der Waals surface area contributed by atoms with Crippen LogP contribution < -0.4 is 21.7 Å². The number of anilines is 3. The first-order chi connectivity index (χ1) is 14.8. The number of hydrogen-bond acceptors (Lipinski definition) is 5. The smallest absolute Gasteiger partial charge is 0.258 e. The minimum absolute atomic E-state index is 0.268. The molecule has 0 bridgehead atoms. The Morgan fingerprint density at radius 3 is 2.29 bits per heavy atom. The highest BCUT2D eigenvalue weighted by molar-refractivity contribution is 6.30. The van der Waals surface area contributed by atoms with Gasteiger partial charge in [0.25, 0.3) is 11.8 Å². The molecule has 0 saturated carbocycles. The lowest BCUT2D eigenvalue weighted by atomic mass is 10.1. The standard InChI is InChI=1S/C22H20ClN5O3/c1-12-3-7-17(16(9-12)22(31)28-19-8-5-14(23)11-26-19)27-21(30)15-6-4-13(20(24)29)10-18(15)25-2/h3-11,25H,1-2H3,(H2,24,29)(H,27,30)(H,26,28,31). The van der Waals surface area contributed by atoms with Gasteiger partial charge in [-0.1, -0.05) is 23.2 Å². The van der Waals surface area contributed by atoms with Crippen molar-refractivity contribution in [3.05, 3.63) is 82.0 Å². The Bertz CT molecular complexity index is 1160. The number of carbonyl (C=O) groups is 3. The van der Waals surface area contributed by atoms with Gasteiger partial charge < -0.3 is 21.7 Å². The lowest BCUT2D eigenvalue weighted by Gasteiger charge is -2.14. The zero-order valence-electron chi connectivity index (χ0n) is 16.8. The normalized spacial score (nSPS) is 10.3. The molecular weight excluding hydrogens is 418 g/mol. The monoisotopic (exact) mass is 437 g/mol. The predicted molar refractivity (Wildman–Crippen MR) is 121 cm³/mol. The number of primary amides is 1. The van der Waals surface area contributed by atoms with Gasteiger partial charge in [0.15, 0.2) is 0 Å². The maximum absolute atomic E-state index is 12.9. The first-order valence-electron chi connectivity index (χ1n) is 9.25. The lowest BCUT2D eigenvalue weighted by molar-refractivity contribution is 0.0993. The maximum atomic E-state index is 12.9. The molecule has 3 amide bonds. The molecule has 5 N–H and O–H groups in total. The van der Waals surface area contributed by atoms with Gasteiger partial charge in [-0.25, -0.2) is 4.98 Å². The molecule has 0 aliphatic heterocycles. The van der Waals surface area contributed by atoms with Crippen LogP contribution in [0.15, 0.2) is 54.7 Å². The van der Waals surface area contributed by atoms with Crippen molar-refractivity contribution >= 4 is 46.5 Å². The van der Waals surface area contributed by atoms with Crippen molar-refractivity contribution in [3.63, 3.8) is 0 Å². The molecule has 0 fully saturated rings. The highest BCUT2D eigenvalue weighted by Gasteiger charge is 2.18. The number of halogens is 1. The van der Waals surface area contributed by atoms with Gasteiger partial charge in [0.1, 0.15) is 5.82 Å². The van der Waals surface area contributed by atoms with Crippen LogP contribution in [0, 0.1) is 6.92 Å². The second-order valence-corrected chi connectivity index (χ2v) is 7.13. The number of carbonyl (C=O) groups excluding carboxylic acids is 3. The van der Waals surface area contributed by atoms with E-state index in [1.165, 1.54) is 24.4 Å². The molecule has 31 heavy (non-hydrogen) atoms. The average Bonchev–Trinajstić information content (AvgIpc) is 2.75. The summed E-state index contributed by atoms with van der Waals surface area (Å²) in [6, 6.07) is 12.7. The summed E-state index contributed by atoms with van der Waals surface area (Å²) in [5, 5.41) is 8.76. The summed E-state index contributed by atoms with van der Waals surface area (Å²) in [6.07, 6.45) is 1.42. The number of pyridine rings is 1. The number of rotatable bonds is 6. The second-order valence-electron chi connectivity index (χ2n) is 6.69. The number of nitrogens with two attached hydrogens (primary N) is 1. The molecule has 0 radical (unpaired) electrons. The molecule has 0 saturated heterocycles. The summed E-state index contributed by atoms with van der Waals surface area (Å²) >= 11 is 5.83. The zero-order valence-corrected chi connectivity index (χ0v) is 17.6. The Morgan fingerprint density at radius 2 is 1.65 bits per heavy atom. The lowest BCUT2D eigenvalue weighted by Crippen LogP contribution is -2.20. The third-order valence-corrected chi connectivity index (χ3v) is 4.68. The fourth-order valence-electron chi connectivity index (χ4n) is 2.88. The van der Waals surface area contributed by atoms with E-state index in [2.05, 4.69) is 20.9 Å². The number of nitrogens with zero attached hydrogens (tertiary/aromatic N) is 1. The number of benzene rings is 2. The van der Waals surface area contributed by atoms with Crippen LogP contribution >= 0.6 is 11.6 Å². The van der Waals surface area contributed by atoms with Crippen molar-refractivity contribution in [2.45, 2.75) is 6.92 Å². The van der Waals surface area contributed by atoms with Crippen LogP contribution in [-0.4, -0.2) is 29.8 Å². The van der Waals surface area contributed by atoms with Crippen LogP contribution in [0.1, 0.15) is 36.6 Å². The van der Waals surface area contributed by atoms with Crippen LogP contribution in [0.4, 0.5) is 17.2 Å². The molecule has 0 atom stereocenters. The van der Waals surface area contributed by atoms with Gasteiger partial charge in [0.2, 0.25) is 5.91 Å². The number of aromatic nitrogens is 1. The van der Waals surface area contributed by atoms with E-state index in [9.17, 15) is 14.4 Å². The highest BCUT2D eigenvalue weighted by atomic mass is 35.5. The Hall–Kier alpha value is -3.91. The van der Waals surface area contributed by atoms with Crippen molar-refractivity contribution in [1.82, 2.24) is 4.98 Å². The fraction of sp³-hybridized carbons (Fsp3) is 0.0909. The molecule has 0 spiro atoms. The molecule has 8 nitrogen and oxygen atoms in total. The van der Waals surface area contributed by atoms with Crippen LogP contribution in [0.2, 0.25) is 5.02 Å². The Kier molecular flexibility index (Phi) is 6.52. The topological polar surface area (TPSA) is 126 Å². The number of hydrogen-bond donors (Lipinski definition) is 4. The molecule has 158 valence electrons. The summed E-state index contributed by atoms with van der Waals surface area (Å²) in [4.78, 5) is 41.2. The molecule has 0 aliphatic carbocycles. The Labute approximate surface area is 183 Å². The van der Waals surface area contributed by atoms with E-state index in [0.717, 1.165) is 5.56 Å². The average molecular weight is 438 g/mol. The van der Waals surface area contributed by atoms with E-state index in [1.807, 2.05) is 6.92 Å². The summed E-state index contributed by atoms with van der Waals surface area (Å²) in [7, 11) is 1.63. The molecule has 3 rings (SSSR count). The van der Waals surface area contributed by atoms with Crippen LogP contribution in [-0.2, 0) is 0 Å². The van der Waals surface area contributed by atoms with Gasteiger partial charge in [0.05, 0.1) is 21.8 Å². The maximum Gasteiger partial charge on any atom is 0.258 e. The van der Waals surface area contributed by atoms with Gasteiger partial charge >= 0.3 is 0 Å². The molecule has 1 aromatic heterocycles. The first-order valence-corrected chi connectivity index (χ1v) is 9.63. The van der Waals surface area contributed by atoms with E-state index in [0.29, 0.717) is 27.8 Å². The predicted octanol–water partition coefficient (Wildman–Crippen LogP) is 3.69. The SMILES string of the molecule is CNc1cc(C(N)=O)ccc1C(=O)Nc1ccc(C)cc1C(=O)Nc1ccc(Cl)cn1. The molecule has 1 heterocycles. The third kappa shape index (κ3) is 5.18. The van der Waals surface area contributed by atoms with Gasteiger partial charge in [-0.3, -0.25) is 14.4 Å². The third-order valence-electron chi connectivity index (χ3n) is 4.45. The van der Waals surface area contributed by atoms with Gasteiger partial charge in [-0.2, -0.15) is 0 Å². The van der Waals surface area contributed by atoms with E-state index in [-0.39, 0.29) is 11.1 Å². The quantitative estimate of drug-likeness (QED) is 0.467. The van der Waals surface area contributed by atoms with Crippen molar-refractivity contribution in [2.24, 2.45) is 5.73 Å². The molecule has 9 heteroatoms. The van der Waals surface area contributed by atoms with E-state index in [1.54, 1.807) is 37.4 Å². The van der Waals surface area contributed by atoms with Crippen LogP contribution in [0.5, 0.6) is 0 Å². The van der Waals surface area contributed by atoms with Gasteiger partial charge in [-0.15, -0.1) is 0 Å². The second kappa shape index (κ2) is 9.27. The molecular formula is C22H20ClN5O3. The van der Waals surface area contributed by atoms with Gasteiger partial charge in [0, 0.05) is 24.5 Å². The van der Waals surface area contributed by atoms with Crippen LogP contribution in [0.3, 0.4) is 0 Å². The molecule has 2 aromatic carbocycles. The summed E-state index contributed by atoms with van der Waals surface area (Å²) in [5.74, 6) is -1.17. The van der Waals surface area contributed by atoms with Crippen molar-refractivity contribution in [2.75, 3.05) is 23.0 Å². The zero-order chi connectivity index (χ0) is 22.5. The minimum atomic E-state index is -0.600. The largest absolute Gasteiger partial charge is 0.387 e. The van der Waals surface area contributed by atoms with E-state index in [4.69, 9.17) is 17.3 Å². The number of aryl methyl sites for hydroxylation is 1. The highest BCUT2D eigenvalue weighted by Crippen LogP contribution is 2.23. The first kappa shape index (κ1) is 21.8. The minimum Gasteiger partial charge on any atom is -0.387 e. The molecule has 0 aliphatic rings. The Morgan fingerprint density at radius 1 is 0.903 bits per heavy atom. The number of amides is 3. The number of nitrogens with one attached hydrogen (secondary N) is 3. The van der Waals surface area contributed by atoms with Crippen molar-refractivity contribution in [3.8, 4) is 0 Å².